The highest BCUT2D eigenvalue weighted by molar-refractivity contribution is 6.42. The molecule has 102 valence electrons. The minimum absolute atomic E-state index is 0.150. The van der Waals surface area contributed by atoms with Gasteiger partial charge < -0.3 is 14.4 Å². The summed E-state index contributed by atoms with van der Waals surface area (Å²) in [6.45, 7) is 2.78. The Bertz CT molecular complexity index is 498. The lowest BCUT2D eigenvalue weighted by Gasteiger charge is -2.15. The Balaban J connectivity index is 2.09. The molecule has 0 saturated carbocycles. The lowest BCUT2D eigenvalue weighted by molar-refractivity contribution is -0.125. The summed E-state index contributed by atoms with van der Waals surface area (Å²) in [5.74, 6) is 0.0995. The summed E-state index contributed by atoms with van der Waals surface area (Å²) in [4.78, 5) is 25.5. The second-order valence-electron chi connectivity index (χ2n) is 4.48. The molecule has 0 N–H and O–H groups in total. The first kappa shape index (κ1) is 13.4. The van der Waals surface area contributed by atoms with E-state index >= 15 is 0 Å². The zero-order valence-electron chi connectivity index (χ0n) is 11.1. The summed E-state index contributed by atoms with van der Waals surface area (Å²) in [6, 6.07) is 4.78. The Hall–Kier alpha value is -2.04. The lowest BCUT2D eigenvalue weighted by atomic mass is 10.1. The number of carbonyl (C=O) groups is 2. The van der Waals surface area contributed by atoms with Crippen molar-refractivity contribution in [3.05, 3.63) is 23.8 Å². The summed E-state index contributed by atoms with van der Waals surface area (Å²) in [7, 11) is 1.64. The van der Waals surface area contributed by atoms with Crippen LogP contribution in [-0.4, -0.2) is 37.0 Å². The Morgan fingerprint density at radius 1 is 1.26 bits per heavy atom. The molecular weight excluding hydrogens is 246 g/mol. The van der Waals surface area contributed by atoms with E-state index in [9.17, 15) is 9.59 Å². The lowest BCUT2D eigenvalue weighted by Crippen LogP contribution is -2.34. The van der Waals surface area contributed by atoms with Gasteiger partial charge in [0.05, 0.1) is 0 Å². The number of nitrogens with zero attached hydrogens (tertiary/aromatic N) is 1. The van der Waals surface area contributed by atoms with Crippen LogP contribution < -0.4 is 9.47 Å². The molecule has 0 bridgehead atoms. The van der Waals surface area contributed by atoms with Gasteiger partial charge in [-0.3, -0.25) is 9.59 Å². The van der Waals surface area contributed by atoms with E-state index in [4.69, 9.17) is 9.47 Å². The number of hydrogen-bond donors (Lipinski definition) is 0. The number of Topliss-reactive ketones (excluding diaryl/α,β-unsaturated/α-hetero) is 1. The van der Waals surface area contributed by atoms with Gasteiger partial charge in [-0.1, -0.05) is 13.3 Å². The highest BCUT2D eigenvalue weighted by Crippen LogP contribution is 2.32. The number of rotatable bonds is 5. The number of amides is 1. The SMILES string of the molecule is CCCCN(C)C(=O)C(=O)c1ccc2c(c1)OCO2. The Morgan fingerprint density at radius 3 is 2.74 bits per heavy atom. The van der Waals surface area contributed by atoms with Gasteiger partial charge in [0.2, 0.25) is 6.79 Å². The van der Waals surface area contributed by atoms with Gasteiger partial charge in [-0.05, 0) is 24.6 Å². The summed E-state index contributed by atoms with van der Waals surface area (Å²) in [5, 5.41) is 0. The highest BCUT2D eigenvalue weighted by Gasteiger charge is 2.23. The number of likely N-dealkylation sites (N-methyl/N-ethyl adjacent to an activating group) is 1. The Kier molecular flexibility index (Phi) is 4.04. The molecule has 19 heavy (non-hydrogen) atoms. The maximum absolute atomic E-state index is 12.1. The molecule has 0 fully saturated rings. The third-order valence-electron chi connectivity index (χ3n) is 3.02. The summed E-state index contributed by atoms with van der Waals surface area (Å²) in [6.07, 6.45) is 1.87. The fourth-order valence-corrected chi connectivity index (χ4v) is 1.83. The molecule has 2 rings (SSSR count). The molecule has 0 saturated heterocycles. The number of unbranched alkanes of at least 4 members (excludes halogenated alkanes) is 1. The van der Waals surface area contributed by atoms with E-state index in [-0.39, 0.29) is 6.79 Å². The van der Waals surface area contributed by atoms with E-state index < -0.39 is 11.7 Å². The van der Waals surface area contributed by atoms with Crippen LogP contribution in [0.5, 0.6) is 11.5 Å². The fraction of sp³-hybridized carbons (Fsp3) is 0.429. The zero-order valence-corrected chi connectivity index (χ0v) is 11.1. The van der Waals surface area contributed by atoms with Crippen LogP contribution >= 0.6 is 0 Å². The molecule has 1 amide bonds. The van der Waals surface area contributed by atoms with Crippen molar-refractivity contribution in [3.63, 3.8) is 0 Å². The smallest absolute Gasteiger partial charge is 0.294 e. The number of hydrogen-bond acceptors (Lipinski definition) is 4. The maximum Gasteiger partial charge on any atom is 0.294 e. The molecule has 5 heteroatoms. The monoisotopic (exact) mass is 263 g/mol. The fourth-order valence-electron chi connectivity index (χ4n) is 1.83. The number of ether oxygens (including phenoxy) is 2. The average Bonchev–Trinajstić information content (AvgIpc) is 2.90. The number of carbonyl (C=O) groups excluding carboxylic acids is 2. The van der Waals surface area contributed by atoms with Crippen LogP contribution in [-0.2, 0) is 4.79 Å². The molecule has 0 spiro atoms. The molecular formula is C14H17NO4. The second kappa shape index (κ2) is 5.73. The number of ketones is 1. The molecule has 1 aromatic carbocycles. The van der Waals surface area contributed by atoms with Crippen LogP contribution in [0.1, 0.15) is 30.1 Å². The standard InChI is InChI=1S/C14H17NO4/c1-3-4-7-15(2)14(17)13(16)10-5-6-11-12(8-10)19-9-18-11/h5-6,8H,3-4,7,9H2,1-2H3. The molecule has 1 aliphatic rings. The Morgan fingerprint density at radius 2 is 2.00 bits per heavy atom. The first-order chi connectivity index (χ1) is 9.13. The van der Waals surface area contributed by atoms with Gasteiger partial charge in [-0.15, -0.1) is 0 Å². The molecule has 1 heterocycles. The van der Waals surface area contributed by atoms with E-state index in [1.807, 2.05) is 6.92 Å². The van der Waals surface area contributed by atoms with Gasteiger partial charge in [-0.25, -0.2) is 0 Å². The van der Waals surface area contributed by atoms with Crippen LogP contribution in [0.3, 0.4) is 0 Å². The van der Waals surface area contributed by atoms with Crippen molar-refractivity contribution < 1.29 is 19.1 Å². The van der Waals surface area contributed by atoms with E-state index in [1.165, 1.54) is 4.90 Å². The minimum Gasteiger partial charge on any atom is -0.454 e. The van der Waals surface area contributed by atoms with Crippen LogP contribution in [0.4, 0.5) is 0 Å². The predicted octanol–water partition coefficient (Wildman–Crippen LogP) is 1.86. The molecule has 0 unspecified atom stereocenters. The van der Waals surface area contributed by atoms with Crippen LogP contribution in [0.2, 0.25) is 0 Å². The largest absolute Gasteiger partial charge is 0.454 e. The van der Waals surface area contributed by atoms with Gasteiger partial charge in [-0.2, -0.15) is 0 Å². The quantitative estimate of drug-likeness (QED) is 0.601. The molecule has 1 aliphatic heterocycles. The molecule has 0 aliphatic carbocycles. The molecule has 0 atom stereocenters. The summed E-state index contributed by atoms with van der Waals surface area (Å²) in [5.41, 5.74) is 0.331. The van der Waals surface area contributed by atoms with Crippen LogP contribution in [0.25, 0.3) is 0 Å². The van der Waals surface area contributed by atoms with Crippen molar-refractivity contribution in [2.24, 2.45) is 0 Å². The van der Waals surface area contributed by atoms with Crippen molar-refractivity contribution in [1.82, 2.24) is 4.90 Å². The second-order valence-corrected chi connectivity index (χ2v) is 4.48. The van der Waals surface area contributed by atoms with Crippen molar-refractivity contribution in [3.8, 4) is 11.5 Å². The zero-order chi connectivity index (χ0) is 13.8. The number of fused-ring (bicyclic) bond motifs is 1. The normalized spacial score (nSPS) is 12.3. The summed E-state index contributed by atoms with van der Waals surface area (Å²) < 4.78 is 10.4. The van der Waals surface area contributed by atoms with Gasteiger partial charge in [0.25, 0.3) is 11.7 Å². The van der Waals surface area contributed by atoms with Gasteiger partial charge in [0.1, 0.15) is 0 Å². The van der Waals surface area contributed by atoms with Crippen molar-refractivity contribution in [1.29, 1.82) is 0 Å². The van der Waals surface area contributed by atoms with Crippen LogP contribution in [0, 0.1) is 0 Å². The van der Waals surface area contributed by atoms with Crippen LogP contribution in [0.15, 0.2) is 18.2 Å². The van der Waals surface area contributed by atoms with E-state index in [0.717, 1.165) is 12.8 Å². The van der Waals surface area contributed by atoms with Crippen molar-refractivity contribution in [2.75, 3.05) is 20.4 Å². The first-order valence-electron chi connectivity index (χ1n) is 6.33. The third kappa shape index (κ3) is 2.86. The molecule has 0 aromatic heterocycles. The van der Waals surface area contributed by atoms with E-state index in [2.05, 4.69) is 0 Å². The maximum atomic E-state index is 12.1. The highest BCUT2D eigenvalue weighted by atomic mass is 16.7. The molecule has 5 nitrogen and oxygen atoms in total. The molecule has 1 aromatic rings. The van der Waals surface area contributed by atoms with E-state index in [0.29, 0.717) is 23.6 Å². The van der Waals surface area contributed by atoms with E-state index in [1.54, 1.807) is 25.2 Å². The van der Waals surface area contributed by atoms with Gasteiger partial charge in [0.15, 0.2) is 11.5 Å². The topological polar surface area (TPSA) is 55.8 Å². The number of benzene rings is 1. The average molecular weight is 263 g/mol. The van der Waals surface area contributed by atoms with Gasteiger partial charge in [0, 0.05) is 19.2 Å². The van der Waals surface area contributed by atoms with Crippen molar-refractivity contribution in [2.45, 2.75) is 19.8 Å². The Labute approximate surface area is 112 Å². The molecule has 0 radical (unpaired) electrons. The first-order valence-corrected chi connectivity index (χ1v) is 6.33. The summed E-state index contributed by atoms with van der Waals surface area (Å²) >= 11 is 0. The van der Waals surface area contributed by atoms with Gasteiger partial charge >= 0.3 is 0 Å². The van der Waals surface area contributed by atoms with Crippen molar-refractivity contribution >= 4 is 11.7 Å². The minimum atomic E-state index is -0.517. The third-order valence-corrected chi connectivity index (χ3v) is 3.02. The predicted molar refractivity (Wildman–Crippen MR) is 69.4 cm³/mol.